The normalized spacial score (nSPS) is 17.2. The lowest BCUT2D eigenvalue weighted by molar-refractivity contribution is -0.141. The Labute approximate surface area is 73.4 Å². The van der Waals surface area contributed by atoms with Crippen molar-refractivity contribution in [3.05, 3.63) is 17.7 Å². The zero-order valence-electron chi connectivity index (χ0n) is 6.93. The van der Waals surface area contributed by atoms with Gasteiger partial charge in [0.1, 0.15) is 0 Å². The van der Waals surface area contributed by atoms with Crippen LogP contribution in [-0.4, -0.2) is 9.55 Å². The molecule has 0 aliphatic carbocycles. The van der Waals surface area contributed by atoms with Crippen molar-refractivity contribution in [3.63, 3.8) is 0 Å². The van der Waals surface area contributed by atoms with Gasteiger partial charge in [-0.3, -0.25) is 0 Å². The molecule has 72 valence electrons. The van der Waals surface area contributed by atoms with Crippen LogP contribution in [0.2, 0.25) is 0 Å². The fourth-order valence-electron chi connectivity index (χ4n) is 1.67. The van der Waals surface area contributed by atoms with Gasteiger partial charge in [0, 0.05) is 12.2 Å². The van der Waals surface area contributed by atoms with Crippen molar-refractivity contribution in [1.29, 1.82) is 0 Å². The zero-order valence-corrected chi connectivity index (χ0v) is 6.93. The maximum Gasteiger partial charge on any atom is 0.435 e. The van der Waals surface area contributed by atoms with Gasteiger partial charge in [0.25, 0.3) is 0 Å². The van der Waals surface area contributed by atoms with E-state index < -0.39 is 11.9 Å². The van der Waals surface area contributed by atoms with Gasteiger partial charge in [-0.05, 0) is 19.3 Å². The molecule has 1 aliphatic rings. The Morgan fingerprint density at radius 3 is 2.77 bits per heavy atom. The van der Waals surface area contributed by atoms with E-state index in [1.54, 1.807) is 4.57 Å². The number of aromatic nitrogens is 2. The molecule has 5 heteroatoms. The van der Waals surface area contributed by atoms with Gasteiger partial charge < -0.3 is 4.57 Å². The van der Waals surface area contributed by atoms with Gasteiger partial charge in [-0.1, -0.05) is 0 Å². The topological polar surface area (TPSA) is 17.8 Å². The van der Waals surface area contributed by atoms with Gasteiger partial charge in [-0.15, -0.1) is 0 Å². The number of fused-ring (bicyclic) bond motifs is 1. The molecule has 0 amide bonds. The van der Waals surface area contributed by atoms with Crippen LogP contribution in [0.1, 0.15) is 24.2 Å². The Morgan fingerprint density at radius 2 is 2.08 bits per heavy atom. The lowest BCUT2D eigenvalue weighted by Crippen LogP contribution is -2.15. The minimum atomic E-state index is -4.29. The van der Waals surface area contributed by atoms with Gasteiger partial charge in [0.05, 0.1) is 6.33 Å². The third kappa shape index (κ3) is 1.43. The van der Waals surface area contributed by atoms with Gasteiger partial charge in [0.15, 0.2) is 5.69 Å². The van der Waals surface area contributed by atoms with E-state index in [1.807, 2.05) is 0 Å². The molecule has 1 aliphatic heterocycles. The lowest BCUT2D eigenvalue weighted by Gasteiger charge is -2.15. The van der Waals surface area contributed by atoms with Crippen molar-refractivity contribution >= 4 is 0 Å². The van der Waals surface area contributed by atoms with Crippen molar-refractivity contribution in [2.75, 3.05) is 0 Å². The second-order valence-corrected chi connectivity index (χ2v) is 3.19. The first kappa shape index (κ1) is 8.59. The first-order chi connectivity index (χ1) is 6.09. The summed E-state index contributed by atoms with van der Waals surface area (Å²) in [5.41, 5.74) is -0.356. The van der Waals surface area contributed by atoms with Crippen LogP contribution in [-0.2, 0) is 19.1 Å². The summed E-state index contributed by atoms with van der Waals surface area (Å²) in [6, 6.07) is 0. The van der Waals surface area contributed by atoms with E-state index in [1.165, 1.54) is 6.33 Å². The van der Waals surface area contributed by atoms with Gasteiger partial charge in [-0.2, -0.15) is 13.2 Å². The summed E-state index contributed by atoms with van der Waals surface area (Å²) in [4.78, 5) is 3.41. The van der Waals surface area contributed by atoms with Crippen LogP contribution in [0.25, 0.3) is 0 Å². The largest absolute Gasteiger partial charge is 0.435 e. The molecule has 1 aromatic rings. The van der Waals surface area contributed by atoms with E-state index in [4.69, 9.17) is 0 Å². The van der Waals surface area contributed by atoms with Crippen LogP contribution in [0, 0.1) is 0 Å². The molecule has 1 aromatic heterocycles. The monoisotopic (exact) mass is 190 g/mol. The van der Waals surface area contributed by atoms with Gasteiger partial charge in [0.2, 0.25) is 0 Å². The molecule has 0 bridgehead atoms. The second kappa shape index (κ2) is 2.75. The molecular weight excluding hydrogens is 181 g/mol. The van der Waals surface area contributed by atoms with Crippen LogP contribution < -0.4 is 0 Å². The van der Waals surface area contributed by atoms with Crippen molar-refractivity contribution in [1.82, 2.24) is 9.55 Å². The number of halogens is 3. The van der Waals surface area contributed by atoms with E-state index >= 15 is 0 Å². The Bertz CT molecular complexity index is 314. The highest BCUT2D eigenvalue weighted by Crippen LogP contribution is 2.32. The first-order valence-corrected chi connectivity index (χ1v) is 4.20. The fourth-order valence-corrected chi connectivity index (χ4v) is 1.67. The molecule has 0 saturated carbocycles. The predicted octanol–water partition coefficient (Wildman–Crippen LogP) is 2.24. The first-order valence-electron chi connectivity index (χ1n) is 4.20. The van der Waals surface area contributed by atoms with Crippen molar-refractivity contribution in [3.8, 4) is 0 Å². The Hall–Kier alpha value is -1.00. The third-order valence-corrected chi connectivity index (χ3v) is 2.28. The highest BCUT2D eigenvalue weighted by molar-refractivity contribution is 5.17. The minimum absolute atomic E-state index is 0.346. The van der Waals surface area contributed by atoms with E-state index in [-0.39, 0.29) is 0 Å². The van der Waals surface area contributed by atoms with E-state index in [0.717, 1.165) is 12.8 Å². The molecule has 0 aromatic carbocycles. The summed E-state index contributed by atoms with van der Waals surface area (Å²) in [5.74, 6) is 0. The Balaban J connectivity index is 2.43. The lowest BCUT2D eigenvalue weighted by atomic mass is 10.1. The van der Waals surface area contributed by atoms with Gasteiger partial charge in [-0.25, -0.2) is 4.98 Å². The summed E-state index contributed by atoms with van der Waals surface area (Å²) >= 11 is 0. The Kier molecular flexibility index (Phi) is 1.82. The standard InChI is InChI=1S/C8H9F3N2/c9-8(10,11)7-6-3-1-2-4-13(6)5-12-7/h5H,1-4H2. The zero-order chi connectivity index (χ0) is 9.47. The number of aryl methyl sites for hydroxylation is 1. The van der Waals surface area contributed by atoms with Crippen LogP contribution in [0.5, 0.6) is 0 Å². The second-order valence-electron chi connectivity index (χ2n) is 3.19. The Morgan fingerprint density at radius 1 is 1.31 bits per heavy atom. The number of hydrogen-bond donors (Lipinski definition) is 0. The predicted molar refractivity (Wildman–Crippen MR) is 40.2 cm³/mol. The SMILES string of the molecule is FC(F)(F)c1ncn2c1CCCC2. The molecule has 0 spiro atoms. The van der Waals surface area contributed by atoms with Crippen molar-refractivity contribution < 1.29 is 13.2 Å². The van der Waals surface area contributed by atoms with Crippen molar-refractivity contribution in [2.45, 2.75) is 32.0 Å². The molecule has 0 saturated heterocycles. The average Bonchev–Trinajstić information content (AvgIpc) is 2.45. The summed E-state index contributed by atoms with van der Waals surface area (Å²) in [6.07, 6.45) is -0.737. The van der Waals surface area contributed by atoms with Crippen LogP contribution in [0.4, 0.5) is 13.2 Å². The molecule has 13 heavy (non-hydrogen) atoms. The number of rotatable bonds is 0. The molecule has 0 radical (unpaired) electrons. The fraction of sp³-hybridized carbons (Fsp3) is 0.625. The maximum absolute atomic E-state index is 12.3. The summed E-state index contributed by atoms with van der Waals surface area (Å²) in [5, 5.41) is 0. The number of imidazole rings is 1. The highest BCUT2D eigenvalue weighted by atomic mass is 19.4. The minimum Gasteiger partial charge on any atom is -0.334 e. The maximum atomic E-state index is 12.3. The molecule has 0 unspecified atom stereocenters. The molecular formula is C8H9F3N2. The summed E-state index contributed by atoms with van der Waals surface area (Å²) < 4.78 is 38.6. The molecule has 2 nitrogen and oxygen atoms in total. The summed E-state index contributed by atoms with van der Waals surface area (Å²) in [6.45, 7) is 0.665. The highest BCUT2D eigenvalue weighted by Gasteiger charge is 2.37. The average molecular weight is 190 g/mol. The smallest absolute Gasteiger partial charge is 0.334 e. The molecule has 2 rings (SSSR count). The molecule has 0 fully saturated rings. The molecule has 0 N–H and O–H groups in total. The van der Waals surface area contributed by atoms with Gasteiger partial charge >= 0.3 is 6.18 Å². The number of hydrogen-bond acceptors (Lipinski definition) is 1. The summed E-state index contributed by atoms with van der Waals surface area (Å²) in [7, 11) is 0. The third-order valence-electron chi connectivity index (χ3n) is 2.28. The number of nitrogens with zero attached hydrogens (tertiary/aromatic N) is 2. The van der Waals surface area contributed by atoms with Crippen LogP contribution in [0.3, 0.4) is 0 Å². The van der Waals surface area contributed by atoms with E-state index in [2.05, 4.69) is 4.98 Å². The van der Waals surface area contributed by atoms with Crippen LogP contribution in [0.15, 0.2) is 6.33 Å². The van der Waals surface area contributed by atoms with Crippen LogP contribution >= 0.6 is 0 Å². The number of alkyl halides is 3. The molecule has 2 heterocycles. The van der Waals surface area contributed by atoms with Crippen molar-refractivity contribution in [2.24, 2.45) is 0 Å². The van der Waals surface area contributed by atoms with E-state index in [9.17, 15) is 13.2 Å². The molecule has 0 atom stereocenters. The quantitative estimate of drug-likeness (QED) is 0.613. The van der Waals surface area contributed by atoms with E-state index in [0.29, 0.717) is 18.7 Å².